The van der Waals surface area contributed by atoms with Gasteiger partial charge < -0.3 is 16.6 Å². The van der Waals surface area contributed by atoms with Gasteiger partial charge in [-0.3, -0.25) is 0 Å². The molecule has 1 atom stereocenters. The highest BCUT2D eigenvalue weighted by Crippen LogP contribution is 2.25. The molecule has 1 rings (SSSR count). The second-order valence-electron chi connectivity index (χ2n) is 3.19. The maximum Gasteiger partial charge on any atom is 0.0809 e. The van der Waals surface area contributed by atoms with Gasteiger partial charge in [0.05, 0.1) is 6.10 Å². The Kier molecular flexibility index (Phi) is 3.14. The third kappa shape index (κ3) is 2.36. The van der Waals surface area contributed by atoms with E-state index in [9.17, 15) is 5.11 Å². The number of aliphatic hydroxyl groups excluding tert-OH is 1. The highest BCUT2D eigenvalue weighted by molar-refractivity contribution is 5.57. The van der Waals surface area contributed by atoms with Crippen LogP contribution in [0.4, 0.5) is 11.4 Å². The van der Waals surface area contributed by atoms with Gasteiger partial charge >= 0.3 is 0 Å². The van der Waals surface area contributed by atoms with E-state index in [-0.39, 0.29) is 0 Å². The van der Waals surface area contributed by atoms with Crippen molar-refractivity contribution in [2.24, 2.45) is 0 Å². The van der Waals surface area contributed by atoms with Crippen LogP contribution in [-0.2, 0) is 0 Å². The fourth-order valence-corrected chi connectivity index (χ4v) is 1.33. The molecule has 0 aromatic heterocycles. The van der Waals surface area contributed by atoms with Crippen molar-refractivity contribution in [3.8, 4) is 0 Å². The van der Waals surface area contributed by atoms with E-state index in [2.05, 4.69) is 0 Å². The molecule has 0 spiro atoms. The molecule has 0 aliphatic heterocycles. The Balaban J connectivity index is 2.88. The summed E-state index contributed by atoms with van der Waals surface area (Å²) in [6, 6.07) is 5.21. The molecular weight excluding hydrogens is 164 g/mol. The lowest BCUT2D eigenvalue weighted by molar-refractivity contribution is 0.167. The van der Waals surface area contributed by atoms with Crippen LogP contribution < -0.4 is 11.5 Å². The molecule has 0 amide bonds. The number of hydrogen-bond acceptors (Lipinski definition) is 3. The molecular formula is C10H16N2O. The summed E-state index contributed by atoms with van der Waals surface area (Å²) in [5, 5.41) is 9.67. The lowest BCUT2D eigenvalue weighted by Crippen LogP contribution is -2.02. The van der Waals surface area contributed by atoms with E-state index in [1.165, 1.54) is 0 Å². The number of hydrogen-bond donors (Lipinski definition) is 3. The van der Waals surface area contributed by atoms with Gasteiger partial charge in [0.25, 0.3) is 0 Å². The largest absolute Gasteiger partial charge is 0.399 e. The predicted molar refractivity (Wildman–Crippen MR) is 55.1 cm³/mol. The van der Waals surface area contributed by atoms with Gasteiger partial charge in [-0.05, 0) is 18.6 Å². The van der Waals surface area contributed by atoms with Crippen LogP contribution in [-0.4, -0.2) is 5.11 Å². The maximum atomic E-state index is 9.67. The Morgan fingerprint density at radius 3 is 2.62 bits per heavy atom. The van der Waals surface area contributed by atoms with Crippen LogP contribution in [0.25, 0.3) is 0 Å². The molecule has 0 aliphatic carbocycles. The van der Waals surface area contributed by atoms with Gasteiger partial charge in [0, 0.05) is 16.9 Å². The monoisotopic (exact) mass is 180 g/mol. The summed E-state index contributed by atoms with van der Waals surface area (Å²) in [6.45, 7) is 2.02. The van der Waals surface area contributed by atoms with Crippen LogP contribution in [0.2, 0.25) is 0 Å². The first-order valence-electron chi connectivity index (χ1n) is 4.48. The van der Waals surface area contributed by atoms with Crippen molar-refractivity contribution in [2.75, 3.05) is 11.5 Å². The summed E-state index contributed by atoms with van der Waals surface area (Å²) in [6.07, 6.45) is 1.20. The molecule has 0 saturated carbocycles. The summed E-state index contributed by atoms with van der Waals surface area (Å²) < 4.78 is 0. The molecule has 0 heterocycles. The average Bonchev–Trinajstić information content (AvgIpc) is 2.04. The van der Waals surface area contributed by atoms with Crippen LogP contribution in [0.3, 0.4) is 0 Å². The molecule has 3 nitrogen and oxygen atoms in total. The van der Waals surface area contributed by atoms with E-state index < -0.39 is 6.10 Å². The number of nitrogens with two attached hydrogens (primary N) is 2. The second kappa shape index (κ2) is 4.14. The maximum absolute atomic E-state index is 9.67. The summed E-state index contributed by atoms with van der Waals surface area (Å²) >= 11 is 0. The topological polar surface area (TPSA) is 72.3 Å². The summed E-state index contributed by atoms with van der Waals surface area (Å²) in [7, 11) is 0. The zero-order chi connectivity index (χ0) is 9.84. The number of nitrogen functional groups attached to an aromatic ring is 2. The Hall–Kier alpha value is -1.22. The zero-order valence-corrected chi connectivity index (χ0v) is 7.83. The molecule has 0 radical (unpaired) electrons. The third-order valence-corrected chi connectivity index (χ3v) is 2.03. The number of aliphatic hydroxyl groups is 1. The molecule has 1 aromatic carbocycles. The van der Waals surface area contributed by atoms with E-state index in [1.54, 1.807) is 18.2 Å². The van der Waals surface area contributed by atoms with Gasteiger partial charge in [-0.15, -0.1) is 0 Å². The molecule has 0 saturated heterocycles. The van der Waals surface area contributed by atoms with E-state index in [0.29, 0.717) is 11.4 Å². The molecule has 72 valence electrons. The SMILES string of the molecule is CCCC(O)c1ccc(N)cc1N. The minimum atomic E-state index is -0.467. The Morgan fingerprint density at radius 2 is 2.08 bits per heavy atom. The molecule has 1 unspecified atom stereocenters. The van der Waals surface area contributed by atoms with E-state index in [0.717, 1.165) is 18.4 Å². The highest BCUT2D eigenvalue weighted by Gasteiger charge is 2.09. The standard InChI is InChI=1S/C10H16N2O/c1-2-3-10(13)8-5-4-7(11)6-9(8)12/h4-6,10,13H,2-3,11-12H2,1H3. The van der Waals surface area contributed by atoms with Crippen molar-refractivity contribution in [1.82, 2.24) is 0 Å². The minimum absolute atomic E-state index is 0.467. The summed E-state index contributed by atoms with van der Waals surface area (Å²) in [5.74, 6) is 0. The van der Waals surface area contributed by atoms with Crippen molar-refractivity contribution in [1.29, 1.82) is 0 Å². The van der Waals surface area contributed by atoms with E-state index in [4.69, 9.17) is 11.5 Å². The first-order chi connectivity index (χ1) is 6.15. The molecule has 0 fully saturated rings. The second-order valence-corrected chi connectivity index (χ2v) is 3.19. The Labute approximate surface area is 78.4 Å². The number of anilines is 2. The van der Waals surface area contributed by atoms with Crippen molar-refractivity contribution in [3.05, 3.63) is 23.8 Å². The molecule has 0 bridgehead atoms. The lowest BCUT2D eigenvalue weighted by Gasteiger charge is -2.12. The fourth-order valence-electron chi connectivity index (χ4n) is 1.33. The number of rotatable bonds is 3. The quantitative estimate of drug-likeness (QED) is 0.620. The average molecular weight is 180 g/mol. The Bertz CT molecular complexity index is 286. The van der Waals surface area contributed by atoms with E-state index >= 15 is 0 Å². The van der Waals surface area contributed by atoms with Gasteiger partial charge in [0.1, 0.15) is 0 Å². The molecule has 13 heavy (non-hydrogen) atoms. The van der Waals surface area contributed by atoms with Gasteiger partial charge in [0.2, 0.25) is 0 Å². The Morgan fingerprint density at radius 1 is 1.38 bits per heavy atom. The first-order valence-corrected chi connectivity index (χ1v) is 4.48. The van der Waals surface area contributed by atoms with Crippen LogP contribution in [0.15, 0.2) is 18.2 Å². The molecule has 3 heteroatoms. The number of benzene rings is 1. The van der Waals surface area contributed by atoms with Crippen molar-refractivity contribution in [2.45, 2.75) is 25.9 Å². The van der Waals surface area contributed by atoms with Crippen molar-refractivity contribution < 1.29 is 5.11 Å². The molecule has 0 aliphatic rings. The minimum Gasteiger partial charge on any atom is -0.399 e. The normalized spacial score (nSPS) is 12.8. The lowest BCUT2D eigenvalue weighted by atomic mass is 10.0. The fraction of sp³-hybridized carbons (Fsp3) is 0.400. The van der Waals surface area contributed by atoms with Gasteiger partial charge in [-0.1, -0.05) is 19.4 Å². The first kappa shape index (κ1) is 9.86. The summed E-state index contributed by atoms with van der Waals surface area (Å²) in [5.41, 5.74) is 13.2. The highest BCUT2D eigenvalue weighted by atomic mass is 16.3. The third-order valence-electron chi connectivity index (χ3n) is 2.03. The van der Waals surface area contributed by atoms with Gasteiger partial charge in [0.15, 0.2) is 0 Å². The van der Waals surface area contributed by atoms with Crippen LogP contribution in [0.5, 0.6) is 0 Å². The van der Waals surface area contributed by atoms with Crippen LogP contribution in [0, 0.1) is 0 Å². The molecule has 5 N–H and O–H groups in total. The van der Waals surface area contributed by atoms with Gasteiger partial charge in [-0.25, -0.2) is 0 Å². The zero-order valence-electron chi connectivity index (χ0n) is 7.83. The molecule has 1 aromatic rings. The van der Waals surface area contributed by atoms with E-state index in [1.807, 2.05) is 6.92 Å². The van der Waals surface area contributed by atoms with Gasteiger partial charge in [-0.2, -0.15) is 0 Å². The van der Waals surface area contributed by atoms with Crippen LogP contribution >= 0.6 is 0 Å². The smallest absolute Gasteiger partial charge is 0.0809 e. The van der Waals surface area contributed by atoms with Crippen molar-refractivity contribution >= 4 is 11.4 Å². The predicted octanol–water partition coefficient (Wildman–Crippen LogP) is 1.68. The summed E-state index contributed by atoms with van der Waals surface area (Å²) in [4.78, 5) is 0. The van der Waals surface area contributed by atoms with Crippen molar-refractivity contribution in [3.63, 3.8) is 0 Å². The van der Waals surface area contributed by atoms with Crippen LogP contribution in [0.1, 0.15) is 31.4 Å².